The molecule has 1 aromatic carbocycles. The SMILES string of the molecule is CCCNC(COC)CS(=O)c1cccc(F)c1. The summed E-state index contributed by atoms with van der Waals surface area (Å²) in [6, 6.07) is 5.96. The fourth-order valence-corrected chi connectivity index (χ4v) is 2.85. The fraction of sp³-hybridized carbons (Fsp3) is 0.538. The van der Waals surface area contributed by atoms with Gasteiger partial charge >= 0.3 is 0 Å². The lowest BCUT2D eigenvalue weighted by atomic mass is 10.3. The van der Waals surface area contributed by atoms with Gasteiger partial charge in [-0.25, -0.2) is 4.39 Å². The summed E-state index contributed by atoms with van der Waals surface area (Å²) in [6.45, 7) is 3.43. The van der Waals surface area contributed by atoms with E-state index in [1.54, 1.807) is 19.2 Å². The van der Waals surface area contributed by atoms with Gasteiger partial charge in [-0.15, -0.1) is 0 Å². The topological polar surface area (TPSA) is 38.3 Å². The van der Waals surface area contributed by atoms with Gasteiger partial charge in [0.05, 0.1) is 17.4 Å². The van der Waals surface area contributed by atoms with Crippen LogP contribution >= 0.6 is 0 Å². The molecule has 0 amide bonds. The molecule has 0 heterocycles. The zero-order valence-electron chi connectivity index (χ0n) is 10.8. The van der Waals surface area contributed by atoms with Gasteiger partial charge in [-0.05, 0) is 31.2 Å². The monoisotopic (exact) mass is 273 g/mol. The molecule has 1 rings (SSSR count). The van der Waals surface area contributed by atoms with Gasteiger partial charge in [-0.2, -0.15) is 0 Å². The summed E-state index contributed by atoms with van der Waals surface area (Å²) >= 11 is 0. The van der Waals surface area contributed by atoms with Gasteiger partial charge in [-0.1, -0.05) is 13.0 Å². The first kappa shape index (κ1) is 15.3. The van der Waals surface area contributed by atoms with Gasteiger partial charge < -0.3 is 10.1 Å². The van der Waals surface area contributed by atoms with Crippen LogP contribution in [0.5, 0.6) is 0 Å². The standard InChI is InChI=1S/C13H20FNO2S/c1-3-7-15-12(9-17-2)10-18(16)13-6-4-5-11(14)8-13/h4-6,8,12,15H,3,7,9-10H2,1-2H3. The van der Waals surface area contributed by atoms with E-state index in [0.29, 0.717) is 17.3 Å². The molecule has 0 saturated heterocycles. The number of hydrogen-bond donors (Lipinski definition) is 1. The first-order valence-electron chi connectivity index (χ1n) is 6.03. The van der Waals surface area contributed by atoms with Crippen LogP contribution in [0.25, 0.3) is 0 Å². The Kier molecular flexibility index (Phi) is 7.08. The minimum absolute atomic E-state index is 0.0269. The Morgan fingerprint density at radius 2 is 2.28 bits per heavy atom. The summed E-state index contributed by atoms with van der Waals surface area (Å²) in [5.74, 6) is 0.0720. The number of benzene rings is 1. The van der Waals surface area contributed by atoms with Crippen molar-refractivity contribution < 1.29 is 13.3 Å². The molecule has 0 saturated carbocycles. The summed E-state index contributed by atoms with van der Waals surface area (Å²) in [5.41, 5.74) is 0. The van der Waals surface area contributed by atoms with Crippen LogP contribution in [-0.2, 0) is 15.5 Å². The molecule has 0 bridgehead atoms. The van der Waals surface area contributed by atoms with Gasteiger partial charge in [0.25, 0.3) is 0 Å². The number of nitrogens with one attached hydrogen (secondary N) is 1. The lowest BCUT2D eigenvalue weighted by Gasteiger charge is -2.17. The third kappa shape index (κ3) is 5.25. The molecule has 0 aliphatic carbocycles. The second-order valence-corrected chi connectivity index (χ2v) is 5.57. The van der Waals surface area contributed by atoms with Crippen LogP contribution in [0.2, 0.25) is 0 Å². The van der Waals surface area contributed by atoms with Crippen molar-refractivity contribution in [2.75, 3.05) is 26.0 Å². The largest absolute Gasteiger partial charge is 0.383 e. The van der Waals surface area contributed by atoms with E-state index in [2.05, 4.69) is 12.2 Å². The number of halogens is 1. The highest BCUT2D eigenvalue weighted by molar-refractivity contribution is 7.85. The second-order valence-electron chi connectivity index (χ2n) is 4.08. The molecule has 0 radical (unpaired) electrons. The Morgan fingerprint density at radius 1 is 1.50 bits per heavy atom. The van der Waals surface area contributed by atoms with Crippen LogP contribution in [-0.4, -0.2) is 36.3 Å². The molecule has 0 spiro atoms. The van der Waals surface area contributed by atoms with E-state index in [-0.39, 0.29) is 11.9 Å². The van der Waals surface area contributed by atoms with Crippen molar-refractivity contribution in [3.63, 3.8) is 0 Å². The Bertz CT molecular complexity index is 387. The predicted octanol–water partition coefficient (Wildman–Crippen LogP) is 1.95. The second kappa shape index (κ2) is 8.34. The van der Waals surface area contributed by atoms with Crippen LogP contribution in [0.4, 0.5) is 4.39 Å². The van der Waals surface area contributed by atoms with Gasteiger partial charge in [0.15, 0.2) is 0 Å². The molecule has 2 unspecified atom stereocenters. The number of rotatable bonds is 8. The summed E-state index contributed by atoms with van der Waals surface area (Å²) in [7, 11) is 0.406. The molecule has 0 aliphatic heterocycles. The Labute approximate surface area is 110 Å². The summed E-state index contributed by atoms with van der Waals surface area (Å²) in [6.07, 6.45) is 1.01. The van der Waals surface area contributed by atoms with Crippen molar-refractivity contribution in [2.24, 2.45) is 0 Å². The van der Waals surface area contributed by atoms with Crippen LogP contribution in [0.1, 0.15) is 13.3 Å². The zero-order chi connectivity index (χ0) is 13.4. The average Bonchev–Trinajstić information content (AvgIpc) is 2.36. The molecule has 18 heavy (non-hydrogen) atoms. The highest BCUT2D eigenvalue weighted by atomic mass is 32.2. The molecule has 1 N–H and O–H groups in total. The van der Waals surface area contributed by atoms with E-state index in [4.69, 9.17) is 4.74 Å². The Morgan fingerprint density at radius 3 is 2.89 bits per heavy atom. The van der Waals surface area contributed by atoms with E-state index >= 15 is 0 Å². The molecule has 0 aliphatic rings. The van der Waals surface area contributed by atoms with E-state index in [1.807, 2.05) is 0 Å². The van der Waals surface area contributed by atoms with Crippen LogP contribution in [0.15, 0.2) is 29.2 Å². The first-order chi connectivity index (χ1) is 8.67. The molecular formula is C13H20FNO2S. The van der Waals surface area contributed by atoms with Crippen molar-refractivity contribution in [1.29, 1.82) is 0 Å². The summed E-state index contributed by atoms with van der Waals surface area (Å²) < 4.78 is 30.2. The molecule has 102 valence electrons. The van der Waals surface area contributed by atoms with Crippen molar-refractivity contribution in [3.8, 4) is 0 Å². The normalized spacial score (nSPS) is 14.4. The maximum Gasteiger partial charge on any atom is 0.124 e. The van der Waals surface area contributed by atoms with Crippen LogP contribution < -0.4 is 5.32 Å². The van der Waals surface area contributed by atoms with Gasteiger partial charge in [0.1, 0.15) is 5.82 Å². The molecule has 2 atom stereocenters. The smallest absolute Gasteiger partial charge is 0.124 e. The van der Waals surface area contributed by atoms with Crippen molar-refractivity contribution in [3.05, 3.63) is 30.1 Å². The molecule has 1 aromatic rings. The van der Waals surface area contributed by atoms with Crippen molar-refractivity contribution in [1.82, 2.24) is 5.32 Å². The quantitative estimate of drug-likeness (QED) is 0.787. The number of hydrogen-bond acceptors (Lipinski definition) is 3. The highest BCUT2D eigenvalue weighted by Gasteiger charge is 2.13. The minimum Gasteiger partial charge on any atom is -0.383 e. The van der Waals surface area contributed by atoms with E-state index in [1.165, 1.54) is 12.1 Å². The molecule has 0 aromatic heterocycles. The van der Waals surface area contributed by atoms with Gasteiger partial charge in [-0.3, -0.25) is 4.21 Å². The van der Waals surface area contributed by atoms with Crippen molar-refractivity contribution in [2.45, 2.75) is 24.3 Å². The molecule has 0 fully saturated rings. The van der Waals surface area contributed by atoms with E-state index < -0.39 is 10.8 Å². The highest BCUT2D eigenvalue weighted by Crippen LogP contribution is 2.10. The lowest BCUT2D eigenvalue weighted by Crippen LogP contribution is -2.38. The third-order valence-corrected chi connectivity index (χ3v) is 3.95. The predicted molar refractivity (Wildman–Crippen MR) is 71.6 cm³/mol. The Hall–Kier alpha value is -0.780. The molecule has 5 heteroatoms. The third-order valence-electron chi connectivity index (χ3n) is 2.46. The molecule has 3 nitrogen and oxygen atoms in total. The summed E-state index contributed by atoms with van der Waals surface area (Å²) in [5, 5.41) is 3.27. The maximum absolute atomic E-state index is 13.0. The van der Waals surface area contributed by atoms with Gasteiger partial charge in [0, 0.05) is 23.8 Å². The van der Waals surface area contributed by atoms with E-state index in [9.17, 15) is 8.60 Å². The number of ether oxygens (including phenoxy) is 1. The fourth-order valence-electron chi connectivity index (χ4n) is 1.60. The maximum atomic E-state index is 13.0. The van der Waals surface area contributed by atoms with Gasteiger partial charge in [0.2, 0.25) is 0 Å². The average molecular weight is 273 g/mol. The zero-order valence-corrected chi connectivity index (χ0v) is 11.6. The Balaban J connectivity index is 2.59. The number of methoxy groups -OCH3 is 1. The molecular weight excluding hydrogens is 253 g/mol. The van der Waals surface area contributed by atoms with Crippen molar-refractivity contribution >= 4 is 10.8 Å². The summed E-state index contributed by atoms with van der Waals surface area (Å²) in [4.78, 5) is 0.523. The van der Waals surface area contributed by atoms with Crippen LogP contribution in [0.3, 0.4) is 0 Å². The van der Waals surface area contributed by atoms with E-state index in [0.717, 1.165) is 13.0 Å². The lowest BCUT2D eigenvalue weighted by molar-refractivity contribution is 0.173. The van der Waals surface area contributed by atoms with Crippen LogP contribution in [0, 0.1) is 5.82 Å². The minimum atomic E-state index is -1.21. The first-order valence-corrected chi connectivity index (χ1v) is 7.35.